The van der Waals surface area contributed by atoms with Gasteiger partial charge in [0.25, 0.3) is 0 Å². The minimum absolute atomic E-state index is 0.324. The second kappa shape index (κ2) is 7.71. The van der Waals surface area contributed by atoms with Crippen LogP contribution >= 0.6 is 11.8 Å². The molecule has 0 bridgehead atoms. The van der Waals surface area contributed by atoms with Crippen molar-refractivity contribution >= 4 is 23.6 Å². The number of nitrogens with one attached hydrogen (secondary N) is 1. The number of aryl methyl sites for hydroxylation is 1. The van der Waals surface area contributed by atoms with Crippen LogP contribution in [0.2, 0.25) is 0 Å². The van der Waals surface area contributed by atoms with E-state index < -0.39 is 12.0 Å². The Labute approximate surface area is 110 Å². The maximum Gasteiger partial charge on any atom is 0.327 e. The fourth-order valence-corrected chi connectivity index (χ4v) is 2.37. The van der Waals surface area contributed by atoms with Gasteiger partial charge in [-0.15, -0.1) is 0 Å². The smallest absolute Gasteiger partial charge is 0.327 e. The summed E-state index contributed by atoms with van der Waals surface area (Å²) in [6.45, 7) is 1.32. The van der Waals surface area contributed by atoms with Crippen molar-refractivity contribution in [3.8, 4) is 0 Å². The molecule has 0 radical (unpaired) electrons. The Morgan fingerprint density at radius 3 is 2.89 bits per heavy atom. The topological polar surface area (TPSA) is 79.3 Å². The molecule has 0 aromatic carbocycles. The number of hydrogen-bond donors (Lipinski definition) is 2. The molecule has 1 heterocycles. The summed E-state index contributed by atoms with van der Waals surface area (Å²) in [6.07, 6.45) is 4.35. The highest BCUT2D eigenvalue weighted by atomic mass is 32.2. The van der Waals surface area contributed by atoms with E-state index in [1.54, 1.807) is 12.4 Å². The van der Waals surface area contributed by atoms with E-state index in [2.05, 4.69) is 10.3 Å². The molecule has 0 fully saturated rings. The monoisotopic (exact) mass is 268 g/mol. The standard InChI is InChI=1S/C12H16N2O3S/c1-9(15)14-11(12(16)17)8-18-6-4-10-3-2-5-13-7-10/h2-3,5,7,11H,4,6,8H2,1H3,(H,14,15)(H,16,17)/t11-/m0/s1. The van der Waals surface area contributed by atoms with E-state index in [0.717, 1.165) is 17.7 Å². The average molecular weight is 268 g/mol. The molecule has 2 N–H and O–H groups in total. The Morgan fingerprint density at radius 2 is 2.33 bits per heavy atom. The highest BCUT2D eigenvalue weighted by molar-refractivity contribution is 7.99. The first-order chi connectivity index (χ1) is 8.59. The van der Waals surface area contributed by atoms with Gasteiger partial charge in [0.05, 0.1) is 0 Å². The van der Waals surface area contributed by atoms with Gasteiger partial charge >= 0.3 is 5.97 Å². The summed E-state index contributed by atoms with van der Waals surface area (Å²) in [5.41, 5.74) is 1.12. The molecule has 6 heteroatoms. The van der Waals surface area contributed by atoms with Crippen LogP contribution < -0.4 is 5.32 Å². The first-order valence-corrected chi connectivity index (χ1v) is 6.71. The normalized spacial score (nSPS) is 11.8. The van der Waals surface area contributed by atoms with Crippen molar-refractivity contribution in [3.05, 3.63) is 30.1 Å². The lowest BCUT2D eigenvalue weighted by Crippen LogP contribution is -2.41. The molecule has 5 nitrogen and oxygen atoms in total. The molecule has 0 aliphatic rings. The van der Waals surface area contributed by atoms with Gasteiger partial charge in [0.2, 0.25) is 5.91 Å². The van der Waals surface area contributed by atoms with E-state index in [4.69, 9.17) is 5.11 Å². The fraction of sp³-hybridized carbons (Fsp3) is 0.417. The molecule has 1 aromatic rings. The molecule has 1 amide bonds. The highest BCUT2D eigenvalue weighted by Gasteiger charge is 2.17. The number of pyridine rings is 1. The van der Waals surface area contributed by atoms with Gasteiger partial charge in [-0.25, -0.2) is 4.79 Å². The minimum Gasteiger partial charge on any atom is -0.480 e. The third-order valence-corrected chi connectivity index (χ3v) is 3.28. The van der Waals surface area contributed by atoms with Crippen molar-refractivity contribution in [2.24, 2.45) is 0 Å². The summed E-state index contributed by atoms with van der Waals surface area (Å²) >= 11 is 1.50. The van der Waals surface area contributed by atoms with Crippen LogP contribution in [0.3, 0.4) is 0 Å². The zero-order chi connectivity index (χ0) is 13.4. The summed E-state index contributed by atoms with van der Waals surface area (Å²) < 4.78 is 0. The van der Waals surface area contributed by atoms with Crippen LogP contribution in [-0.4, -0.2) is 39.5 Å². The van der Waals surface area contributed by atoms with Crippen molar-refractivity contribution in [1.82, 2.24) is 10.3 Å². The Bertz CT molecular complexity index is 398. The number of aliphatic carboxylic acids is 1. The van der Waals surface area contributed by atoms with Crippen LogP contribution in [-0.2, 0) is 16.0 Å². The van der Waals surface area contributed by atoms with Gasteiger partial charge in [-0.2, -0.15) is 11.8 Å². The second-order valence-corrected chi connectivity index (χ2v) is 4.93. The van der Waals surface area contributed by atoms with Crippen LogP contribution in [0.25, 0.3) is 0 Å². The maximum atomic E-state index is 10.9. The molecular formula is C12H16N2O3S. The lowest BCUT2D eigenvalue weighted by atomic mass is 10.2. The average Bonchev–Trinajstić information content (AvgIpc) is 2.33. The second-order valence-electron chi connectivity index (χ2n) is 3.78. The minimum atomic E-state index is -1.00. The summed E-state index contributed by atoms with van der Waals surface area (Å²) in [6, 6.07) is 3.04. The van der Waals surface area contributed by atoms with Crippen molar-refractivity contribution in [2.45, 2.75) is 19.4 Å². The number of rotatable bonds is 7. The van der Waals surface area contributed by atoms with Crippen LogP contribution in [0, 0.1) is 0 Å². The molecular weight excluding hydrogens is 252 g/mol. The SMILES string of the molecule is CC(=O)N[C@@H](CSCCc1cccnc1)C(=O)O. The predicted molar refractivity (Wildman–Crippen MR) is 70.5 cm³/mol. The molecule has 1 rings (SSSR count). The Hall–Kier alpha value is -1.56. The number of carbonyl (C=O) groups excluding carboxylic acids is 1. The zero-order valence-corrected chi connectivity index (χ0v) is 10.9. The summed E-state index contributed by atoms with van der Waals surface area (Å²) in [5.74, 6) is -0.154. The van der Waals surface area contributed by atoms with Gasteiger partial charge in [-0.05, 0) is 23.8 Å². The molecule has 98 valence electrons. The Morgan fingerprint density at radius 1 is 1.56 bits per heavy atom. The number of hydrogen-bond acceptors (Lipinski definition) is 4. The van der Waals surface area contributed by atoms with Gasteiger partial charge in [0, 0.05) is 25.1 Å². The molecule has 0 aliphatic carbocycles. The number of carboxylic acid groups (broad SMARTS) is 1. The van der Waals surface area contributed by atoms with Gasteiger partial charge in [-0.1, -0.05) is 6.07 Å². The van der Waals surface area contributed by atoms with E-state index in [9.17, 15) is 9.59 Å². The fourth-order valence-electron chi connectivity index (χ4n) is 1.36. The van der Waals surface area contributed by atoms with Crippen molar-refractivity contribution in [2.75, 3.05) is 11.5 Å². The molecule has 0 aliphatic heterocycles. The predicted octanol–water partition coefficient (Wildman–Crippen LogP) is 0.947. The van der Waals surface area contributed by atoms with Crippen LogP contribution in [0.15, 0.2) is 24.5 Å². The van der Waals surface area contributed by atoms with Crippen molar-refractivity contribution in [1.29, 1.82) is 0 Å². The Balaban J connectivity index is 2.27. The number of amides is 1. The number of carboxylic acids is 1. The van der Waals surface area contributed by atoms with Gasteiger partial charge in [0.15, 0.2) is 0 Å². The number of aromatic nitrogens is 1. The summed E-state index contributed by atoms with van der Waals surface area (Å²) in [5, 5.41) is 11.3. The molecule has 1 aromatic heterocycles. The first kappa shape index (κ1) is 14.5. The molecule has 0 spiro atoms. The number of thioether (sulfide) groups is 1. The quantitative estimate of drug-likeness (QED) is 0.720. The van der Waals surface area contributed by atoms with E-state index in [0.29, 0.717) is 5.75 Å². The van der Waals surface area contributed by atoms with Crippen LogP contribution in [0.4, 0.5) is 0 Å². The molecule has 0 saturated heterocycles. The summed E-state index contributed by atoms with van der Waals surface area (Å²) in [7, 11) is 0. The number of nitrogens with zero attached hydrogens (tertiary/aromatic N) is 1. The summed E-state index contributed by atoms with van der Waals surface area (Å²) in [4.78, 5) is 25.7. The largest absolute Gasteiger partial charge is 0.480 e. The van der Waals surface area contributed by atoms with E-state index in [1.165, 1.54) is 18.7 Å². The molecule has 0 unspecified atom stereocenters. The lowest BCUT2D eigenvalue weighted by Gasteiger charge is -2.12. The molecule has 1 atom stereocenters. The van der Waals surface area contributed by atoms with Crippen molar-refractivity contribution < 1.29 is 14.7 Å². The maximum absolute atomic E-state index is 10.9. The number of carbonyl (C=O) groups is 2. The first-order valence-electron chi connectivity index (χ1n) is 5.56. The van der Waals surface area contributed by atoms with Gasteiger partial charge in [-0.3, -0.25) is 9.78 Å². The van der Waals surface area contributed by atoms with E-state index in [1.807, 2.05) is 12.1 Å². The van der Waals surface area contributed by atoms with Crippen LogP contribution in [0.5, 0.6) is 0 Å². The third-order valence-electron chi connectivity index (χ3n) is 2.22. The zero-order valence-electron chi connectivity index (χ0n) is 10.1. The molecule has 18 heavy (non-hydrogen) atoms. The third kappa shape index (κ3) is 5.67. The van der Waals surface area contributed by atoms with Gasteiger partial charge < -0.3 is 10.4 Å². The lowest BCUT2D eigenvalue weighted by molar-refractivity contribution is -0.140. The van der Waals surface area contributed by atoms with E-state index >= 15 is 0 Å². The molecule has 0 saturated carbocycles. The Kier molecular flexibility index (Phi) is 6.21. The highest BCUT2D eigenvalue weighted by Crippen LogP contribution is 2.07. The van der Waals surface area contributed by atoms with Crippen molar-refractivity contribution in [3.63, 3.8) is 0 Å². The van der Waals surface area contributed by atoms with E-state index in [-0.39, 0.29) is 5.91 Å². The van der Waals surface area contributed by atoms with Gasteiger partial charge in [0.1, 0.15) is 6.04 Å². The van der Waals surface area contributed by atoms with Crippen LogP contribution in [0.1, 0.15) is 12.5 Å².